The lowest BCUT2D eigenvalue weighted by molar-refractivity contribution is -0.117. The van der Waals surface area contributed by atoms with Crippen molar-refractivity contribution < 1.29 is 19.1 Å². The van der Waals surface area contributed by atoms with Gasteiger partial charge in [-0.3, -0.25) is 9.59 Å². The van der Waals surface area contributed by atoms with E-state index in [1.54, 1.807) is 18.5 Å². The van der Waals surface area contributed by atoms with E-state index in [4.69, 9.17) is 9.47 Å². The lowest BCUT2D eigenvalue weighted by Crippen LogP contribution is -2.33. The number of Topliss-reactive ketones (excluding diaryl/α,β-unsaturated/α-hetero) is 1. The maximum absolute atomic E-state index is 13.0. The number of amides is 1. The molecule has 2 aromatic carbocycles. The molecule has 1 amide bonds. The van der Waals surface area contributed by atoms with E-state index in [-0.39, 0.29) is 6.04 Å². The van der Waals surface area contributed by atoms with Gasteiger partial charge in [0.2, 0.25) is 0 Å². The molecule has 0 aliphatic carbocycles. The summed E-state index contributed by atoms with van der Waals surface area (Å²) in [7, 11) is 0. The van der Waals surface area contributed by atoms with E-state index in [0.29, 0.717) is 41.7 Å². The average molecular weight is 419 g/mol. The molecular formula is C24H25N3O4. The topological polar surface area (TPSA) is 82.5 Å². The van der Waals surface area contributed by atoms with Gasteiger partial charge in [-0.25, -0.2) is 4.68 Å². The molecule has 4 rings (SSSR count). The Hall–Kier alpha value is -3.61. The van der Waals surface area contributed by atoms with Gasteiger partial charge in [0.1, 0.15) is 0 Å². The van der Waals surface area contributed by atoms with Gasteiger partial charge in [-0.2, -0.15) is 5.10 Å². The van der Waals surface area contributed by atoms with Crippen LogP contribution in [0.4, 0.5) is 0 Å². The summed E-state index contributed by atoms with van der Waals surface area (Å²) in [6.45, 7) is 6.56. The molecule has 0 fully saturated rings. The first-order valence-electron chi connectivity index (χ1n) is 10.3. The Kier molecular flexibility index (Phi) is 5.75. The van der Waals surface area contributed by atoms with Gasteiger partial charge in [-0.15, -0.1) is 0 Å². The maximum atomic E-state index is 13.0. The zero-order valence-electron chi connectivity index (χ0n) is 17.8. The van der Waals surface area contributed by atoms with Crippen LogP contribution < -0.4 is 14.8 Å². The Morgan fingerprint density at radius 1 is 1.03 bits per heavy atom. The summed E-state index contributed by atoms with van der Waals surface area (Å²) >= 11 is 0. The van der Waals surface area contributed by atoms with Gasteiger partial charge in [-0.1, -0.05) is 24.3 Å². The number of aryl methyl sites for hydroxylation is 1. The second-order valence-corrected chi connectivity index (χ2v) is 7.57. The number of carbonyl (C=O) groups is 2. The molecule has 1 aliphatic rings. The molecule has 0 bridgehead atoms. The van der Waals surface area contributed by atoms with Crippen LogP contribution in [-0.2, 0) is 4.79 Å². The number of nitrogens with one attached hydrogen (secondary N) is 1. The molecule has 3 aromatic rings. The zero-order chi connectivity index (χ0) is 22.0. The number of hydrogen-bond donors (Lipinski definition) is 1. The first-order chi connectivity index (χ1) is 15.0. The van der Waals surface area contributed by atoms with Gasteiger partial charge >= 0.3 is 0 Å². The molecule has 0 saturated heterocycles. The van der Waals surface area contributed by atoms with Crippen molar-refractivity contribution in [3.8, 4) is 17.2 Å². The van der Waals surface area contributed by atoms with Crippen LogP contribution in [0.15, 0.2) is 48.5 Å². The Morgan fingerprint density at radius 3 is 2.48 bits per heavy atom. The lowest BCUT2D eigenvalue weighted by Gasteiger charge is -2.16. The van der Waals surface area contributed by atoms with E-state index < -0.39 is 11.7 Å². The molecule has 160 valence electrons. The van der Waals surface area contributed by atoms with Crippen LogP contribution >= 0.6 is 0 Å². The summed E-state index contributed by atoms with van der Waals surface area (Å²) < 4.78 is 13.1. The van der Waals surface area contributed by atoms with Gasteiger partial charge in [0, 0.05) is 6.42 Å². The Labute approximate surface area is 181 Å². The smallest absolute Gasteiger partial charge is 0.293 e. The highest BCUT2D eigenvalue weighted by Crippen LogP contribution is 2.32. The Balaban J connectivity index is 1.52. The molecule has 1 aromatic heterocycles. The van der Waals surface area contributed by atoms with Gasteiger partial charge in [0.25, 0.3) is 11.7 Å². The van der Waals surface area contributed by atoms with Crippen LogP contribution in [0.2, 0.25) is 0 Å². The molecule has 7 heteroatoms. The fourth-order valence-corrected chi connectivity index (χ4v) is 3.70. The number of hydrogen-bond acceptors (Lipinski definition) is 5. The van der Waals surface area contributed by atoms with Crippen molar-refractivity contribution in [2.45, 2.75) is 33.2 Å². The third-order valence-corrected chi connectivity index (χ3v) is 5.34. The predicted octanol–water partition coefficient (Wildman–Crippen LogP) is 3.71. The third-order valence-electron chi connectivity index (χ3n) is 5.34. The first kappa shape index (κ1) is 20.7. The number of aromatic nitrogens is 2. The standard InChI is InChI=1S/C24H25N3O4/c1-15(18-10-11-20-21(14-18)31-13-7-12-30-20)25-24(29)23(28)22-16(2)26-27(17(22)3)19-8-5-4-6-9-19/h4-6,8-11,14-15H,7,12-13H2,1-3H3,(H,25,29). The summed E-state index contributed by atoms with van der Waals surface area (Å²) in [5.41, 5.74) is 3.14. The summed E-state index contributed by atoms with van der Waals surface area (Å²) in [5, 5.41) is 7.26. The van der Waals surface area contributed by atoms with Crippen molar-refractivity contribution in [3.63, 3.8) is 0 Å². The second kappa shape index (κ2) is 8.63. The minimum Gasteiger partial charge on any atom is -0.490 e. The van der Waals surface area contributed by atoms with E-state index in [1.165, 1.54) is 0 Å². The molecule has 1 N–H and O–H groups in total. The van der Waals surface area contributed by atoms with Gasteiger partial charge in [-0.05, 0) is 50.6 Å². The molecule has 7 nitrogen and oxygen atoms in total. The first-order valence-corrected chi connectivity index (χ1v) is 10.3. The normalized spacial score (nSPS) is 13.9. The highest BCUT2D eigenvalue weighted by atomic mass is 16.5. The summed E-state index contributed by atoms with van der Waals surface area (Å²) in [4.78, 5) is 25.7. The summed E-state index contributed by atoms with van der Waals surface area (Å²) in [6.07, 6.45) is 0.820. The van der Waals surface area contributed by atoms with Crippen molar-refractivity contribution in [1.82, 2.24) is 15.1 Å². The quantitative estimate of drug-likeness (QED) is 0.504. The maximum Gasteiger partial charge on any atom is 0.293 e. The van der Waals surface area contributed by atoms with Crippen LogP contribution in [0.3, 0.4) is 0 Å². The van der Waals surface area contributed by atoms with Crippen molar-refractivity contribution in [2.24, 2.45) is 0 Å². The van der Waals surface area contributed by atoms with Crippen LogP contribution in [-0.4, -0.2) is 34.7 Å². The van der Waals surface area contributed by atoms with E-state index in [0.717, 1.165) is 17.7 Å². The SMILES string of the molecule is Cc1nn(-c2ccccc2)c(C)c1C(=O)C(=O)NC(C)c1ccc2c(c1)OCCCO2. The van der Waals surface area contributed by atoms with Crippen LogP contribution in [0, 0.1) is 13.8 Å². The molecule has 0 radical (unpaired) electrons. The fraction of sp³-hybridized carbons (Fsp3) is 0.292. The third kappa shape index (κ3) is 4.17. The summed E-state index contributed by atoms with van der Waals surface area (Å²) in [6, 6.07) is 14.7. The van der Waals surface area contributed by atoms with Gasteiger partial charge in [0.05, 0.1) is 41.9 Å². The lowest BCUT2D eigenvalue weighted by atomic mass is 10.1. The predicted molar refractivity (Wildman–Crippen MR) is 116 cm³/mol. The molecular weight excluding hydrogens is 394 g/mol. The molecule has 0 spiro atoms. The number of fused-ring (bicyclic) bond motifs is 1. The van der Waals surface area contributed by atoms with Crippen LogP contribution in [0.5, 0.6) is 11.5 Å². The van der Waals surface area contributed by atoms with Gasteiger partial charge in [0.15, 0.2) is 11.5 Å². The highest BCUT2D eigenvalue weighted by Gasteiger charge is 2.26. The molecule has 0 saturated carbocycles. The molecule has 1 aliphatic heterocycles. The van der Waals surface area contributed by atoms with Gasteiger partial charge < -0.3 is 14.8 Å². The monoisotopic (exact) mass is 419 g/mol. The number of ketones is 1. The number of ether oxygens (including phenoxy) is 2. The highest BCUT2D eigenvalue weighted by molar-refractivity contribution is 6.43. The van der Waals surface area contributed by atoms with E-state index in [9.17, 15) is 9.59 Å². The Bertz CT molecular complexity index is 1120. The fourth-order valence-electron chi connectivity index (χ4n) is 3.70. The van der Waals surface area contributed by atoms with Crippen molar-refractivity contribution in [3.05, 3.63) is 71.0 Å². The van der Waals surface area contributed by atoms with Crippen LogP contribution in [0.1, 0.15) is 46.7 Å². The number of para-hydroxylation sites is 1. The second-order valence-electron chi connectivity index (χ2n) is 7.57. The van der Waals surface area contributed by atoms with Crippen molar-refractivity contribution >= 4 is 11.7 Å². The largest absolute Gasteiger partial charge is 0.490 e. The Morgan fingerprint density at radius 2 is 1.74 bits per heavy atom. The minimum absolute atomic E-state index is 0.326. The molecule has 1 unspecified atom stereocenters. The van der Waals surface area contributed by atoms with Crippen molar-refractivity contribution in [2.75, 3.05) is 13.2 Å². The number of carbonyl (C=O) groups excluding carboxylic acids is 2. The number of rotatable bonds is 5. The van der Waals surface area contributed by atoms with E-state index in [1.807, 2.05) is 55.5 Å². The molecule has 2 heterocycles. The molecule has 1 atom stereocenters. The number of benzene rings is 2. The number of nitrogens with zero attached hydrogens (tertiary/aromatic N) is 2. The minimum atomic E-state index is -0.668. The summed E-state index contributed by atoms with van der Waals surface area (Å²) in [5.74, 6) is 0.0745. The van der Waals surface area contributed by atoms with Crippen molar-refractivity contribution in [1.29, 1.82) is 0 Å². The van der Waals surface area contributed by atoms with E-state index >= 15 is 0 Å². The zero-order valence-corrected chi connectivity index (χ0v) is 17.8. The van der Waals surface area contributed by atoms with Crippen LogP contribution in [0.25, 0.3) is 5.69 Å². The molecule has 31 heavy (non-hydrogen) atoms. The van der Waals surface area contributed by atoms with E-state index in [2.05, 4.69) is 10.4 Å². The average Bonchev–Trinajstić information content (AvgIpc) is 2.93.